The van der Waals surface area contributed by atoms with Crippen molar-refractivity contribution in [3.63, 3.8) is 0 Å². The number of carbonyl (C=O) groups excluding carboxylic acids is 1. The lowest BCUT2D eigenvalue weighted by Crippen LogP contribution is -2.32. The van der Waals surface area contributed by atoms with Crippen molar-refractivity contribution in [1.82, 2.24) is 4.72 Å². The minimum Gasteiger partial charge on any atom is -0.326 e. The molecule has 2 N–H and O–H groups in total. The molecule has 1 amide bonds. The minimum absolute atomic E-state index is 0.0789. The van der Waals surface area contributed by atoms with E-state index in [1.807, 2.05) is 30.3 Å². The van der Waals surface area contributed by atoms with Crippen LogP contribution in [0.25, 0.3) is 0 Å². The highest BCUT2D eigenvalue weighted by atomic mass is 32.2. The van der Waals surface area contributed by atoms with Crippen LogP contribution in [0.4, 0.5) is 5.69 Å². The Labute approximate surface area is 142 Å². The Morgan fingerprint density at radius 2 is 1.67 bits per heavy atom. The molecular formula is C18H20N2O3S. The average Bonchev–Trinajstić information content (AvgIpc) is 3.35. The van der Waals surface area contributed by atoms with Crippen LogP contribution in [0.5, 0.6) is 0 Å². The molecule has 0 aliphatic heterocycles. The van der Waals surface area contributed by atoms with Crippen LogP contribution in [-0.4, -0.2) is 20.9 Å². The summed E-state index contributed by atoms with van der Waals surface area (Å²) in [6.07, 6.45) is 1.97. The first-order valence-corrected chi connectivity index (χ1v) is 9.33. The van der Waals surface area contributed by atoms with Gasteiger partial charge < -0.3 is 5.32 Å². The van der Waals surface area contributed by atoms with Crippen LogP contribution >= 0.6 is 0 Å². The standard InChI is InChI=1S/C18H20N2O3S/c1-14(21)20-16-7-9-17(10-8-16)24(22,23)19-13-18(11-12-18)15-5-3-2-4-6-15/h2-10,19H,11-13H2,1H3,(H,20,21). The van der Waals surface area contributed by atoms with E-state index in [1.165, 1.54) is 24.6 Å². The molecule has 24 heavy (non-hydrogen) atoms. The van der Waals surface area contributed by atoms with Gasteiger partial charge >= 0.3 is 0 Å². The number of carbonyl (C=O) groups is 1. The summed E-state index contributed by atoms with van der Waals surface area (Å²) in [7, 11) is -3.57. The van der Waals surface area contributed by atoms with Crippen LogP contribution in [0, 0.1) is 0 Å². The molecule has 0 atom stereocenters. The maximum Gasteiger partial charge on any atom is 0.240 e. The average molecular weight is 344 g/mol. The molecule has 0 unspecified atom stereocenters. The van der Waals surface area contributed by atoms with Gasteiger partial charge in [0.1, 0.15) is 0 Å². The summed E-state index contributed by atoms with van der Waals surface area (Å²) in [6.45, 7) is 1.80. The molecule has 6 heteroatoms. The number of hydrogen-bond donors (Lipinski definition) is 2. The molecule has 1 fully saturated rings. The van der Waals surface area contributed by atoms with E-state index in [1.54, 1.807) is 12.1 Å². The highest BCUT2D eigenvalue weighted by Gasteiger charge is 2.44. The number of benzene rings is 2. The minimum atomic E-state index is -3.57. The summed E-state index contributed by atoms with van der Waals surface area (Å²) in [6, 6.07) is 16.2. The fourth-order valence-corrected chi connectivity index (χ4v) is 3.87. The number of sulfonamides is 1. The molecule has 1 aliphatic rings. The van der Waals surface area contributed by atoms with Crippen molar-refractivity contribution in [2.45, 2.75) is 30.1 Å². The van der Waals surface area contributed by atoms with Gasteiger partial charge in [-0.1, -0.05) is 30.3 Å². The van der Waals surface area contributed by atoms with Gasteiger partial charge in [0.05, 0.1) is 4.90 Å². The van der Waals surface area contributed by atoms with Gasteiger partial charge in [0.2, 0.25) is 15.9 Å². The van der Waals surface area contributed by atoms with E-state index >= 15 is 0 Å². The van der Waals surface area contributed by atoms with Crippen molar-refractivity contribution in [3.05, 3.63) is 60.2 Å². The molecule has 0 bridgehead atoms. The van der Waals surface area contributed by atoms with Gasteiger partial charge in [-0.15, -0.1) is 0 Å². The number of anilines is 1. The van der Waals surface area contributed by atoms with Gasteiger partial charge in [-0.05, 0) is 42.7 Å². The van der Waals surface area contributed by atoms with Crippen molar-refractivity contribution < 1.29 is 13.2 Å². The van der Waals surface area contributed by atoms with Gasteiger partial charge in [0, 0.05) is 24.6 Å². The highest BCUT2D eigenvalue weighted by molar-refractivity contribution is 7.89. The molecule has 0 radical (unpaired) electrons. The third-order valence-electron chi connectivity index (χ3n) is 4.33. The maximum atomic E-state index is 12.5. The second-order valence-electron chi connectivity index (χ2n) is 6.18. The molecule has 0 spiro atoms. The third-order valence-corrected chi connectivity index (χ3v) is 5.74. The van der Waals surface area contributed by atoms with Gasteiger partial charge in [-0.25, -0.2) is 13.1 Å². The van der Waals surface area contributed by atoms with Crippen molar-refractivity contribution >= 4 is 21.6 Å². The largest absolute Gasteiger partial charge is 0.326 e. The lowest BCUT2D eigenvalue weighted by Gasteiger charge is -2.17. The molecular weight excluding hydrogens is 324 g/mol. The fourth-order valence-electron chi connectivity index (χ4n) is 2.75. The normalized spacial score (nSPS) is 15.7. The lowest BCUT2D eigenvalue weighted by molar-refractivity contribution is -0.114. The Morgan fingerprint density at radius 3 is 2.21 bits per heavy atom. The summed E-state index contributed by atoms with van der Waals surface area (Å²) in [5, 5.41) is 2.62. The summed E-state index contributed by atoms with van der Waals surface area (Å²) >= 11 is 0. The van der Waals surface area contributed by atoms with E-state index in [4.69, 9.17) is 0 Å². The van der Waals surface area contributed by atoms with Crippen LogP contribution in [-0.2, 0) is 20.2 Å². The molecule has 0 saturated heterocycles. The maximum absolute atomic E-state index is 12.5. The van der Waals surface area contributed by atoms with Crippen LogP contribution in [0.1, 0.15) is 25.3 Å². The Morgan fingerprint density at radius 1 is 1.04 bits per heavy atom. The summed E-state index contributed by atoms with van der Waals surface area (Å²) in [4.78, 5) is 11.2. The molecule has 5 nitrogen and oxygen atoms in total. The van der Waals surface area contributed by atoms with E-state index in [-0.39, 0.29) is 16.2 Å². The zero-order valence-corrected chi connectivity index (χ0v) is 14.3. The molecule has 0 heterocycles. The van der Waals surface area contributed by atoms with Crippen molar-refractivity contribution in [2.24, 2.45) is 0 Å². The van der Waals surface area contributed by atoms with E-state index in [9.17, 15) is 13.2 Å². The number of hydrogen-bond acceptors (Lipinski definition) is 3. The SMILES string of the molecule is CC(=O)Nc1ccc(S(=O)(=O)NCC2(c3ccccc3)CC2)cc1. The number of nitrogens with one attached hydrogen (secondary N) is 2. The van der Waals surface area contributed by atoms with Crippen molar-refractivity contribution in [2.75, 3.05) is 11.9 Å². The monoisotopic (exact) mass is 344 g/mol. The van der Waals surface area contributed by atoms with E-state index in [2.05, 4.69) is 10.0 Å². The smallest absolute Gasteiger partial charge is 0.240 e. The first-order chi connectivity index (χ1) is 11.4. The Bertz CT molecular complexity index is 826. The van der Waals surface area contributed by atoms with E-state index in [0.717, 1.165) is 12.8 Å². The van der Waals surface area contributed by atoms with Gasteiger partial charge in [-0.2, -0.15) is 0 Å². The van der Waals surface area contributed by atoms with E-state index < -0.39 is 10.0 Å². The number of rotatable bonds is 6. The van der Waals surface area contributed by atoms with Crippen molar-refractivity contribution in [1.29, 1.82) is 0 Å². The summed E-state index contributed by atoms with van der Waals surface area (Å²) in [5.74, 6) is -0.192. The Balaban J connectivity index is 1.69. The molecule has 126 valence electrons. The topological polar surface area (TPSA) is 75.3 Å². The van der Waals surface area contributed by atoms with Gasteiger partial charge in [-0.3, -0.25) is 4.79 Å². The van der Waals surface area contributed by atoms with Crippen molar-refractivity contribution in [3.8, 4) is 0 Å². The molecule has 2 aromatic carbocycles. The molecule has 1 saturated carbocycles. The Hall–Kier alpha value is -2.18. The molecule has 0 aromatic heterocycles. The van der Waals surface area contributed by atoms with Gasteiger partial charge in [0.15, 0.2) is 0 Å². The molecule has 3 rings (SSSR count). The lowest BCUT2D eigenvalue weighted by atomic mass is 9.96. The first-order valence-electron chi connectivity index (χ1n) is 7.84. The Kier molecular flexibility index (Phi) is 4.43. The zero-order valence-electron chi connectivity index (χ0n) is 13.5. The van der Waals surface area contributed by atoms with Crippen LogP contribution in [0.2, 0.25) is 0 Å². The zero-order chi connectivity index (χ0) is 17.2. The highest BCUT2D eigenvalue weighted by Crippen LogP contribution is 2.47. The molecule has 1 aliphatic carbocycles. The number of amides is 1. The second kappa shape index (κ2) is 6.37. The summed E-state index contributed by atoms with van der Waals surface area (Å²) < 4.78 is 27.7. The van der Waals surface area contributed by atoms with Crippen LogP contribution < -0.4 is 10.0 Å². The quantitative estimate of drug-likeness (QED) is 0.846. The second-order valence-corrected chi connectivity index (χ2v) is 7.94. The predicted molar refractivity (Wildman–Crippen MR) is 93.3 cm³/mol. The van der Waals surface area contributed by atoms with Crippen LogP contribution in [0.3, 0.4) is 0 Å². The van der Waals surface area contributed by atoms with Crippen LogP contribution in [0.15, 0.2) is 59.5 Å². The fraction of sp³-hybridized carbons (Fsp3) is 0.278. The summed E-state index contributed by atoms with van der Waals surface area (Å²) in [5.41, 5.74) is 1.67. The first kappa shape index (κ1) is 16.7. The third kappa shape index (κ3) is 3.66. The van der Waals surface area contributed by atoms with Gasteiger partial charge in [0.25, 0.3) is 0 Å². The molecule has 2 aromatic rings. The predicted octanol–water partition coefficient (Wildman–Crippen LogP) is 2.66. The van der Waals surface area contributed by atoms with E-state index in [0.29, 0.717) is 12.2 Å².